The largest absolute Gasteiger partial charge is 0.354 e. The van der Waals surface area contributed by atoms with E-state index in [0.29, 0.717) is 11.2 Å². The van der Waals surface area contributed by atoms with Crippen molar-refractivity contribution in [3.63, 3.8) is 0 Å². The molecule has 1 aliphatic rings. The average molecular weight is 437 g/mol. The summed E-state index contributed by atoms with van der Waals surface area (Å²) >= 11 is 2.09. The lowest BCUT2D eigenvalue weighted by molar-refractivity contribution is 0.379. The van der Waals surface area contributed by atoms with Crippen molar-refractivity contribution in [2.75, 3.05) is 32.4 Å². The van der Waals surface area contributed by atoms with Crippen LogP contribution in [0, 0.1) is 12.8 Å². The third kappa shape index (κ3) is 5.64. The van der Waals surface area contributed by atoms with E-state index < -0.39 is 0 Å². The molecular weight excluding hydrogens is 409 g/mol. The highest BCUT2D eigenvalue weighted by atomic mass is 127. The molecule has 1 aromatic rings. The third-order valence-corrected chi connectivity index (χ3v) is 5.27. The van der Waals surface area contributed by atoms with E-state index in [2.05, 4.69) is 59.0 Å². The molecule has 0 amide bonds. The van der Waals surface area contributed by atoms with Crippen LogP contribution < -0.4 is 5.32 Å². The van der Waals surface area contributed by atoms with Gasteiger partial charge in [0, 0.05) is 43.9 Å². The highest BCUT2D eigenvalue weighted by molar-refractivity contribution is 14.0. The molecule has 1 fully saturated rings. The van der Waals surface area contributed by atoms with Gasteiger partial charge in [0.1, 0.15) is 0 Å². The molecular formula is C15H28IN5S. The van der Waals surface area contributed by atoms with Crippen LogP contribution in [0.2, 0.25) is 0 Å². The van der Waals surface area contributed by atoms with Crippen molar-refractivity contribution in [3.8, 4) is 0 Å². The fourth-order valence-electron chi connectivity index (χ4n) is 2.47. The second-order valence-corrected chi connectivity index (χ2v) is 7.20. The standard InChI is InChI=1S/C15H27N5S.HI/c1-12(2)14-11-19(7-8-21-14)15(16-4)17-5-6-20-10-13(3)9-18-20;/h9-10,12,14H,5-8,11H2,1-4H3,(H,16,17);1H. The van der Waals surface area contributed by atoms with Gasteiger partial charge in [0.15, 0.2) is 5.96 Å². The number of aromatic nitrogens is 2. The fourth-order valence-corrected chi connectivity index (χ4v) is 3.77. The Morgan fingerprint density at radius 2 is 2.32 bits per heavy atom. The lowest BCUT2D eigenvalue weighted by Gasteiger charge is -2.36. The maximum Gasteiger partial charge on any atom is 0.193 e. The Bertz CT molecular complexity index is 474. The molecule has 1 aromatic heterocycles. The van der Waals surface area contributed by atoms with Crippen LogP contribution in [0.5, 0.6) is 0 Å². The number of aryl methyl sites for hydroxylation is 1. The first-order valence-electron chi connectivity index (χ1n) is 7.66. The van der Waals surface area contributed by atoms with Crippen LogP contribution in [0.3, 0.4) is 0 Å². The minimum Gasteiger partial charge on any atom is -0.354 e. The van der Waals surface area contributed by atoms with Gasteiger partial charge >= 0.3 is 0 Å². The van der Waals surface area contributed by atoms with Gasteiger partial charge < -0.3 is 10.2 Å². The monoisotopic (exact) mass is 437 g/mol. The topological polar surface area (TPSA) is 45.5 Å². The van der Waals surface area contributed by atoms with E-state index in [1.165, 1.54) is 11.3 Å². The van der Waals surface area contributed by atoms with Crippen LogP contribution in [0.4, 0.5) is 0 Å². The number of halogens is 1. The van der Waals surface area contributed by atoms with Crippen LogP contribution in [-0.2, 0) is 6.54 Å². The van der Waals surface area contributed by atoms with Gasteiger partial charge in [0.05, 0.1) is 12.7 Å². The number of thioether (sulfide) groups is 1. The number of guanidine groups is 1. The van der Waals surface area contributed by atoms with Gasteiger partial charge in [-0.05, 0) is 18.4 Å². The molecule has 1 unspecified atom stereocenters. The van der Waals surface area contributed by atoms with Crippen molar-refractivity contribution in [1.82, 2.24) is 20.0 Å². The first kappa shape index (κ1) is 19.6. The maximum absolute atomic E-state index is 4.43. The molecule has 22 heavy (non-hydrogen) atoms. The summed E-state index contributed by atoms with van der Waals surface area (Å²) in [6.45, 7) is 10.5. The molecule has 1 aliphatic heterocycles. The van der Waals surface area contributed by atoms with Gasteiger partial charge in [-0.2, -0.15) is 16.9 Å². The number of hydrogen-bond acceptors (Lipinski definition) is 3. The van der Waals surface area contributed by atoms with Gasteiger partial charge in [-0.15, -0.1) is 24.0 Å². The van der Waals surface area contributed by atoms with Gasteiger partial charge in [0.25, 0.3) is 0 Å². The SMILES string of the molecule is CN=C(NCCn1cc(C)cn1)N1CCSC(C(C)C)C1.I. The predicted octanol–water partition coefficient (Wildman–Crippen LogP) is 2.46. The number of rotatable bonds is 4. The molecule has 7 heteroatoms. The van der Waals surface area contributed by atoms with E-state index in [1.54, 1.807) is 0 Å². The predicted molar refractivity (Wildman–Crippen MR) is 106 cm³/mol. The summed E-state index contributed by atoms with van der Waals surface area (Å²) in [5, 5.41) is 8.47. The van der Waals surface area contributed by atoms with Crippen molar-refractivity contribution in [1.29, 1.82) is 0 Å². The first-order chi connectivity index (χ1) is 10.1. The third-order valence-electron chi connectivity index (χ3n) is 3.73. The van der Waals surface area contributed by atoms with Crippen molar-refractivity contribution in [3.05, 3.63) is 18.0 Å². The second-order valence-electron chi connectivity index (χ2n) is 5.85. The minimum atomic E-state index is 0. The van der Waals surface area contributed by atoms with Crippen molar-refractivity contribution in [2.24, 2.45) is 10.9 Å². The number of nitrogens with zero attached hydrogens (tertiary/aromatic N) is 4. The van der Waals surface area contributed by atoms with E-state index in [-0.39, 0.29) is 24.0 Å². The highest BCUT2D eigenvalue weighted by Gasteiger charge is 2.24. The Balaban J connectivity index is 0.00000242. The number of hydrogen-bond donors (Lipinski definition) is 1. The van der Waals surface area contributed by atoms with Gasteiger partial charge in [-0.1, -0.05) is 13.8 Å². The lowest BCUT2D eigenvalue weighted by Crippen LogP contribution is -2.49. The number of aliphatic imine (C=N–C) groups is 1. The molecule has 0 radical (unpaired) electrons. The summed E-state index contributed by atoms with van der Waals surface area (Å²) in [6.07, 6.45) is 3.96. The van der Waals surface area contributed by atoms with Crippen LogP contribution in [0.1, 0.15) is 19.4 Å². The molecule has 0 saturated carbocycles. The van der Waals surface area contributed by atoms with Crippen molar-refractivity contribution >= 4 is 41.7 Å². The summed E-state index contributed by atoms with van der Waals surface area (Å²) in [6, 6.07) is 0. The molecule has 2 rings (SSSR count). The second kappa shape index (κ2) is 9.64. The van der Waals surface area contributed by atoms with E-state index in [0.717, 1.165) is 32.1 Å². The van der Waals surface area contributed by atoms with E-state index in [1.807, 2.05) is 17.9 Å². The molecule has 0 bridgehead atoms. The summed E-state index contributed by atoms with van der Waals surface area (Å²) in [5.74, 6) is 2.91. The summed E-state index contributed by atoms with van der Waals surface area (Å²) in [4.78, 5) is 6.82. The Kier molecular flexibility index (Phi) is 8.59. The molecule has 2 heterocycles. The zero-order chi connectivity index (χ0) is 15.2. The van der Waals surface area contributed by atoms with Gasteiger partial charge in [-0.3, -0.25) is 9.67 Å². The Labute approximate surface area is 155 Å². The molecule has 5 nitrogen and oxygen atoms in total. The summed E-state index contributed by atoms with van der Waals surface area (Å²) in [7, 11) is 1.87. The Morgan fingerprint density at radius 1 is 1.55 bits per heavy atom. The lowest BCUT2D eigenvalue weighted by atomic mass is 10.1. The van der Waals surface area contributed by atoms with Crippen LogP contribution in [-0.4, -0.2) is 58.3 Å². The normalized spacial score (nSPS) is 19.2. The fraction of sp³-hybridized carbons (Fsp3) is 0.733. The van der Waals surface area contributed by atoms with E-state index in [9.17, 15) is 0 Å². The molecule has 126 valence electrons. The molecule has 0 aliphatic carbocycles. The van der Waals surface area contributed by atoms with E-state index in [4.69, 9.17) is 0 Å². The quantitative estimate of drug-likeness (QED) is 0.447. The summed E-state index contributed by atoms with van der Waals surface area (Å²) in [5.41, 5.74) is 1.20. The Morgan fingerprint density at radius 3 is 2.91 bits per heavy atom. The van der Waals surface area contributed by atoms with Crippen LogP contribution in [0.25, 0.3) is 0 Å². The molecule has 0 aromatic carbocycles. The molecule has 0 spiro atoms. The molecule has 1 atom stereocenters. The van der Waals surface area contributed by atoms with Crippen LogP contribution in [0.15, 0.2) is 17.4 Å². The number of nitrogens with one attached hydrogen (secondary N) is 1. The van der Waals surface area contributed by atoms with Gasteiger partial charge in [0.2, 0.25) is 0 Å². The minimum absolute atomic E-state index is 0. The smallest absolute Gasteiger partial charge is 0.193 e. The van der Waals surface area contributed by atoms with Crippen molar-refractivity contribution < 1.29 is 0 Å². The van der Waals surface area contributed by atoms with Crippen molar-refractivity contribution in [2.45, 2.75) is 32.6 Å². The highest BCUT2D eigenvalue weighted by Crippen LogP contribution is 2.24. The Hall–Kier alpha value is -0.440. The zero-order valence-electron chi connectivity index (χ0n) is 14.0. The zero-order valence-corrected chi connectivity index (χ0v) is 17.1. The maximum atomic E-state index is 4.43. The average Bonchev–Trinajstić information content (AvgIpc) is 2.89. The molecule has 1 saturated heterocycles. The van der Waals surface area contributed by atoms with Crippen LogP contribution >= 0.6 is 35.7 Å². The van der Waals surface area contributed by atoms with E-state index >= 15 is 0 Å². The van der Waals surface area contributed by atoms with Gasteiger partial charge in [-0.25, -0.2) is 0 Å². The first-order valence-corrected chi connectivity index (χ1v) is 8.71. The summed E-state index contributed by atoms with van der Waals surface area (Å²) < 4.78 is 1.97. The molecule has 1 N–H and O–H groups in total.